The van der Waals surface area contributed by atoms with Crippen molar-refractivity contribution in [3.63, 3.8) is 0 Å². The largest absolute Gasteiger partial charge is 0.481 e. The van der Waals surface area contributed by atoms with Crippen LogP contribution in [0, 0.1) is 13.8 Å². The molecule has 7 nitrogen and oxygen atoms in total. The molecule has 3 aromatic heterocycles. The van der Waals surface area contributed by atoms with Crippen molar-refractivity contribution in [2.75, 3.05) is 20.3 Å². The second-order valence-corrected chi connectivity index (χ2v) is 6.61. The van der Waals surface area contributed by atoms with Gasteiger partial charge in [0.05, 0.1) is 49.3 Å². The van der Waals surface area contributed by atoms with Gasteiger partial charge >= 0.3 is 0 Å². The fraction of sp³-hybridized carbons (Fsp3) is 0.421. The predicted octanol–water partition coefficient (Wildman–Crippen LogP) is 2.41. The molecule has 1 aliphatic heterocycles. The second-order valence-electron chi connectivity index (χ2n) is 6.61. The summed E-state index contributed by atoms with van der Waals surface area (Å²) >= 11 is 0. The fourth-order valence-corrected chi connectivity index (χ4v) is 3.58. The number of nitrogens with zero attached hydrogens (tertiary/aromatic N) is 5. The van der Waals surface area contributed by atoms with Gasteiger partial charge in [0, 0.05) is 24.6 Å². The van der Waals surface area contributed by atoms with Gasteiger partial charge in [-0.2, -0.15) is 10.2 Å². The summed E-state index contributed by atoms with van der Waals surface area (Å²) in [6.07, 6.45) is 3.48. The number of pyridine rings is 1. The molecule has 0 unspecified atom stereocenters. The molecule has 0 fully saturated rings. The Kier molecular flexibility index (Phi) is 4.24. The molecule has 0 bridgehead atoms. The summed E-state index contributed by atoms with van der Waals surface area (Å²) in [5.74, 6) is 0.637. The van der Waals surface area contributed by atoms with Crippen LogP contribution in [0.25, 0.3) is 17.1 Å². The molecule has 0 saturated carbocycles. The summed E-state index contributed by atoms with van der Waals surface area (Å²) in [7, 11) is 3.59. The quantitative estimate of drug-likeness (QED) is 0.723. The molecule has 7 heteroatoms. The molecular formula is C19H23N5O2. The Morgan fingerprint density at radius 2 is 1.92 bits per heavy atom. The average molecular weight is 353 g/mol. The monoisotopic (exact) mass is 353 g/mol. The van der Waals surface area contributed by atoms with Crippen LogP contribution in [0.4, 0.5) is 0 Å². The number of ether oxygens (including phenoxy) is 2. The smallest absolute Gasteiger partial charge is 0.216 e. The standard InChI is InChI=1S/C19H23N5O2/c1-12-9-14(11-20-19(12)25-4)24-16-6-8-26-7-5-15(16)18(22-24)17-10-13(2)21-23(17)3/h9-11H,5-8H2,1-4H3. The molecule has 0 saturated heterocycles. The van der Waals surface area contributed by atoms with Crippen molar-refractivity contribution in [3.8, 4) is 23.0 Å². The van der Waals surface area contributed by atoms with Crippen molar-refractivity contribution in [1.82, 2.24) is 24.5 Å². The predicted molar refractivity (Wildman–Crippen MR) is 97.8 cm³/mol. The lowest BCUT2D eigenvalue weighted by Crippen LogP contribution is -2.06. The highest BCUT2D eigenvalue weighted by molar-refractivity contribution is 5.62. The van der Waals surface area contributed by atoms with Crippen LogP contribution in [0.1, 0.15) is 22.5 Å². The van der Waals surface area contributed by atoms with E-state index in [1.54, 1.807) is 7.11 Å². The maximum atomic E-state index is 5.71. The Morgan fingerprint density at radius 3 is 2.62 bits per heavy atom. The van der Waals surface area contributed by atoms with Gasteiger partial charge in [-0.05, 0) is 32.4 Å². The SMILES string of the molecule is COc1ncc(-n2nc(-c3cc(C)nn3C)c3c2CCOCC3)cc1C. The lowest BCUT2D eigenvalue weighted by Gasteiger charge is -2.09. The van der Waals surface area contributed by atoms with Crippen LogP contribution < -0.4 is 4.74 Å². The molecule has 0 aliphatic carbocycles. The zero-order valence-electron chi connectivity index (χ0n) is 15.6. The van der Waals surface area contributed by atoms with Crippen LogP contribution in [-0.4, -0.2) is 44.9 Å². The zero-order chi connectivity index (χ0) is 18.3. The number of aryl methyl sites for hydroxylation is 3. The number of hydrogen-bond acceptors (Lipinski definition) is 5. The minimum atomic E-state index is 0.637. The first kappa shape index (κ1) is 16.8. The molecule has 3 aromatic rings. The molecule has 1 aliphatic rings. The Labute approximate surface area is 152 Å². The summed E-state index contributed by atoms with van der Waals surface area (Å²) in [4.78, 5) is 4.42. The first-order chi connectivity index (χ1) is 12.6. The molecule has 26 heavy (non-hydrogen) atoms. The normalized spacial score (nSPS) is 14.2. The van der Waals surface area contributed by atoms with E-state index >= 15 is 0 Å². The van der Waals surface area contributed by atoms with E-state index in [-0.39, 0.29) is 0 Å². The van der Waals surface area contributed by atoms with Gasteiger partial charge in [0.1, 0.15) is 5.69 Å². The Morgan fingerprint density at radius 1 is 1.12 bits per heavy atom. The minimum Gasteiger partial charge on any atom is -0.481 e. The highest BCUT2D eigenvalue weighted by Crippen LogP contribution is 2.30. The minimum absolute atomic E-state index is 0.637. The van der Waals surface area contributed by atoms with Crippen LogP contribution >= 0.6 is 0 Å². The number of fused-ring (bicyclic) bond motifs is 1. The highest BCUT2D eigenvalue weighted by Gasteiger charge is 2.24. The van der Waals surface area contributed by atoms with E-state index in [1.165, 1.54) is 11.3 Å². The third-order valence-corrected chi connectivity index (χ3v) is 4.77. The summed E-state index contributed by atoms with van der Waals surface area (Å²) in [5.41, 5.74) is 7.32. The summed E-state index contributed by atoms with van der Waals surface area (Å²) < 4.78 is 14.9. The lowest BCUT2D eigenvalue weighted by molar-refractivity contribution is 0.145. The van der Waals surface area contributed by atoms with E-state index in [0.717, 1.165) is 41.2 Å². The van der Waals surface area contributed by atoms with Gasteiger partial charge < -0.3 is 9.47 Å². The Balaban J connectivity index is 1.90. The number of hydrogen-bond donors (Lipinski definition) is 0. The van der Waals surface area contributed by atoms with Gasteiger partial charge in [-0.25, -0.2) is 9.67 Å². The van der Waals surface area contributed by atoms with Crippen LogP contribution in [-0.2, 0) is 24.6 Å². The van der Waals surface area contributed by atoms with Crippen LogP contribution in [0.5, 0.6) is 5.88 Å². The van der Waals surface area contributed by atoms with Crippen LogP contribution in [0.15, 0.2) is 18.3 Å². The summed E-state index contributed by atoms with van der Waals surface area (Å²) in [6.45, 7) is 5.40. The van der Waals surface area contributed by atoms with E-state index in [2.05, 4.69) is 22.2 Å². The van der Waals surface area contributed by atoms with E-state index in [9.17, 15) is 0 Å². The third-order valence-electron chi connectivity index (χ3n) is 4.77. The Hall–Kier alpha value is -2.67. The average Bonchev–Trinajstić information content (AvgIpc) is 3.03. The maximum Gasteiger partial charge on any atom is 0.216 e. The third kappa shape index (κ3) is 2.78. The molecule has 4 heterocycles. The summed E-state index contributed by atoms with van der Waals surface area (Å²) in [6, 6.07) is 4.14. The fourth-order valence-electron chi connectivity index (χ4n) is 3.58. The van der Waals surface area contributed by atoms with Gasteiger partial charge in [0.2, 0.25) is 5.88 Å². The van der Waals surface area contributed by atoms with Crippen LogP contribution in [0.2, 0.25) is 0 Å². The Bertz CT molecular complexity index is 957. The van der Waals surface area contributed by atoms with Gasteiger partial charge in [0.25, 0.3) is 0 Å². The van der Waals surface area contributed by atoms with Gasteiger partial charge in [-0.3, -0.25) is 4.68 Å². The van der Waals surface area contributed by atoms with Crippen molar-refractivity contribution in [3.05, 3.63) is 40.8 Å². The van der Waals surface area contributed by atoms with Gasteiger partial charge in [-0.1, -0.05) is 0 Å². The first-order valence-electron chi connectivity index (χ1n) is 8.79. The maximum absolute atomic E-state index is 5.71. The highest BCUT2D eigenvalue weighted by atomic mass is 16.5. The molecule has 0 spiro atoms. The van der Waals surface area contributed by atoms with E-state index in [1.807, 2.05) is 36.5 Å². The molecule has 0 N–H and O–H groups in total. The number of methoxy groups -OCH3 is 1. The topological polar surface area (TPSA) is 67.0 Å². The van der Waals surface area contributed by atoms with Crippen molar-refractivity contribution in [2.24, 2.45) is 7.05 Å². The number of rotatable bonds is 3. The van der Waals surface area contributed by atoms with Crippen LogP contribution in [0.3, 0.4) is 0 Å². The van der Waals surface area contributed by atoms with E-state index in [4.69, 9.17) is 14.6 Å². The first-order valence-corrected chi connectivity index (χ1v) is 8.79. The van der Waals surface area contributed by atoms with Gasteiger partial charge in [0.15, 0.2) is 0 Å². The number of aromatic nitrogens is 5. The zero-order valence-corrected chi connectivity index (χ0v) is 15.6. The van der Waals surface area contributed by atoms with E-state index in [0.29, 0.717) is 19.1 Å². The molecule has 0 aromatic carbocycles. The molecule has 136 valence electrons. The van der Waals surface area contributed by atoms with E-state index < -0.39 is 0 Å². The molecule has 4 rings (SSSR count). The van der Waals surface area contributed by atoms with Crippen molar-refractivity contribution in [1.29, 1.82) is 0 Å². The molecule has 0 atom stereocenters. The molecule has 0 amide bonds. The van der Waals surface area contributed by atoms with Gasteiger partial charge in [-0.15, -0.1) is 0 Å². The van der Waals surface area contributed by atoms with Crippen molar-refractivity contribution in [2.45, 2.75) is 26.7 Å². The summed E-state index contributed by atoms with van der Waals surface area (Å²) in [5, 5.41) is 9.45. The molecular weight excluding hydrogens is 330 g/mol. The molecule has 0 radical (unpaired) electrons. The van der Waals surface area contributed by atoms with Crippen molar-refractivity contribution < 1.29 is 9.47 Å². The second kappa shape index (κ2) is 6.57. The van der Waals surface area contributed by atoms with Crippen molar-refractivity contribution >= 4 is 0 Å². The lowest BCUT2D eigenvalue weighted by atomic mass is 10.1.